The number of piperidine rings is 1. The van der Waals surface area contributed by atoms with Crippen molar-refractivity contribution in [2.24, 2.45) is 5.92 Å². The molecule has 1 aliphatic heterocycles. The predicted molar refractivity (Wildman–Crippen MR) is 75.5 cm³/mol. The van der Waals surface area contributed by atoms with Crippen LogP contribution < -0.4 is 10.1 Å². The molecule has 110 valence electrons. The van der Waals surface area contributed by atoms with Crippen LogP contribution in [0.2, 0.25) is 0 Å². The summed E-state index contributed by atoms with van der Waals surface area (Å²) in [5, 5.41) is 3.13. The Hall–Kier alpha value is -1.62. The number of rotatable bonds is 4. The molecule has 2 rings (SSSR count). The van der Waals surface area contributed by atoms with Gasteiger partial charge >= 0.3 is 0 Å². The van der Waals surface area contributed by atoms with Crippen LogP contribution in [0.15, 0.2) is 18.2 Å². The van der Waals surface area contributed by atoms with Gasteiger partial charge in [0.15, 0.2) is 0 Å². The lowest BCUT2D eigenvalue weighted by Crippen LogP contribution is -2.42. The number of nitrogens with one attached hydrogen (secondary N) is 1. The third kappa shape index (κ3) is 3.10. The monoisotopic (exact) mass is 280 g/mol. The Labute approximate surface area is 118 Å². The molecule has 1 aliphatic rings. The molecule has 1 unspecified atom stereocenters. The Morgan fingerprint density at radius 1 is 1.55 bits per heavy atom. The number of methoxy groups -OCH3 is 1. The molecule has 0 aromatic heterocycles. The van der Waals surface area contributed by atoms with Crippen LogP contribution in [0, 0.1) is 11.7 Å². The molecule has 1 amide bonds. The van der Waals surface area contributed by atoms with Gasteiger partial charge < -0.3 is 15.0 Å². The lowest BCUT2D eigenvalue weighted by molar-refractivity contribution is 0.0666. The van der Waals surface area contributed by atoms with Gasteiger partial charge in [-0.1, -0.05) is 6.07 Å². The zero-order valence-corrected chi connectivity index (χ0v) is 12.0. The minimum Gasteiger partial charge on any atom is -0.496 e. The summed E-state index contributed by atoms with van der Waals surface area (Å²) >= 11 is 0. The first-order valence-electron chi connectivity index (χ1n) is 6.93. The highest BCUT2D eigenvalue weighted by molar-refractivity contribution is 5.97. The van der Waals surface area contributed by atoms with E-state index in [0.29, 0.717) is 24.8 Å². The van der Waals surface area contributed by atoms with Gasteiger partial charge in [0.1, 0.15) is 17.1 Å². The molecule has 1 heterocycles. The Kier molecular flexibility index (Phi) is 4.95. The molecule has 0 saturated carbocycles. The van der Waals surface area contributed by atoms with E-state index in [2.05, 4.69) is 5.32 Å². The molecule has 20 heavy (non-hydrogen) atoms. The fourth-order valence-electron chi connectivity index (χ4n) is 2.74. The maximum absolute atomic E-state index is 13.9. The maximum atomic E-state index is 13.9. The largest absolute Gasteiger partial charge is 0.496 e. The second-order valence-electron chi connectivity index (χ2n) is 5.13. The normalized spacial score (nSPS) is 18.9. The Bertz CT molecular complexity index is 477. The summed E-state index contributed by atoms with van der Waals surface area (Å²) in [6.07, 6.45) is 2.05. The molecular formula is C15H21FN2O2. The zero-order valence-electron chi connectivity index (χ0n) is 12.0. The van der Waals surface area contributed by atoms with Gasteiger partial charge in [0.25, 0.3) is 5.91 Å². The standard InChI is InChI=1S/C15H21FN2O2/c1-17-9-11-5-4-8-18(10-11)15(19)14-12(16)6-3-7-13(14)20-2/h3,6-7,11,17H,4-5,8-10H2,1-2H3. The van der Waals surface area contributed by atoms with Gasteiger partial charge in [-0.15, -0.1) is 0 Å². The van der Waals surface area contributed by atoms with Gasteiger partial charge in [0, 0.05) is 13.1 Å². The predicted octanol–water partition coefficient (Wildman–Crippen LogP) is 1.91. The van der Waals surface area contributed by atoms with Crippen molar-refractivity contribution in [1.82, 2.24) is 10.2 Å². The second-order valence-corrected chi connectivity index (χ2v) is 5.13. The molecule has 1 atom stereocenters. The average Bonchev–Trinajstić information content (AvgIpc) is 2.47. The van der Waals surface area contributed by atoms with Gasteiger partial charge in [-0.05, 0) is 44.5 Å². The summed E-state index contributed by atoms with van der Waals surface area (Å²) in [4.78, 5) is 14.3. The summed E-state index contributed by atoms with van der Waals surface area (Å²) in [5.74, 6) is -0.0768. The van der Waals surface area contributed by atoms with Crippen LogP contribution in [0.4, 0.5) is 4.39 Å². The van der Waals surface area contributed by atoms with Gasteiger partial charge in [-0.2, -0.15) is 0 Å². The summed E-state index contributed by atoms with van der Waals surface area (Å²) in [5.41, 5.74) is 0.0418. The first-order chi connectivity index (χ1) is 9.67. The quantitative estimate of drug-likeness (QED) is 0.916. The van der Waals surface area contributed by atoms with Crippen molar-refractivity contribution in [1.29, 1.82) is 0 Å². The molecule has 0 aliphatic carbocycles. The van der Waals surface area contributed by atoms with Crippen LogP contribution in [0.1, 0.15) is 23.2 Å². The molecule has 0 bridgehead atoms. The second kappa shape index (κ2) is 6.70. The topological polar surface area (TPSA) is 41.6 Å². The van der Waals surface area contributed by atoms with Gasteiger partial charge in [-0.3, -0.25) is 4.79 Å². The van der Waals surface area contributed by atoms with E-state index in [9.17, 15) is 9.18 Å². The van der Waals surface area contributed by atoms with Crippen molar-refractivity contribution in [3.63, 3.8) is 0 Å². The first-order valence-corrected chi connectivity index (χ1v) is 6.93. The first kappa shape index (κ1) is 14.8. The van der Waals surface area contributed by atoms with Crippen LogP contribution in [-0.4, -0.2) is 44.6 Å². The molecule has 1 saturated heterocycles. The van der Waals surface area contributed by atoms with E-state index in [1.54, 1.807) is 17.0 Å². The molecule has 1 fully saturated rings. The highest BCUT2D eigenvalue weighted by Crippen LogP contribution is 2.25. The number of amides is 1. The van der Waals surface area contributed by atoms with E-state index in [-0.39, 0.29) is 11.5 Å². The van der Waals surface area contributed by atoms with Crippen molar-refractivity contribution in [2.75, 3.05) is 33.8 Å². The van der Waals surface area contributed by atoms with E-state index in [1.807, 2.05) is 7.05 Å². The fraction of sp³-hybridized carbons (Fsp3) is 0.533. The highest BCUT2D eigenvalue weighted by atomic mass is 19.1. The van der Waals surface area contributed by atoms with Crippen molar-refractivity contribution in [2.45, 2.75) is 12.8 Å². The van der Waals surface area contributed by atoms with Crippen LogP contribution in [-0.2, 0) is 0 Å². The summed E-state index contributed by atoms with van der Waals surface area (Å²) < 4.78 is 19.1. The summed E-state index contributed by atoms with van der Waals surface area (Å²) in [6.45, 7) is 2.21. The van der Waals surface area contributed by atoms with E-state index < -0.39 is 5.82 Å². The molecule has 1 aromatic carbocycles. The number of ether oxygens (including phenoxy) is 1. The van der Waals surface area contributed by atoms with Crippen molar-refractivity contribution < 1.29 is 13.9 Å². The molecule has 5 heteroatoms. The minimum atomic E-state index is -0.523. The highest BCUT2D eigenvalue weighted by Gasteiger charge is 2.27. The molecular weight excluding hydrogens is 259 g/mol. The third-order valence-electron chi connectivity index (χ3n) is 3.71. The van der Waals surface area contributed by atoms with Crippen LogP contribution >= 0.6 is 0 Å². The van der Waals surface area contributed by atoms with E-state index >= 15 is 0 Å². The lowest BCUT2D eigenvalue weighted by atomic mass is 9.97. The number of benzene rings is 1. The van der Waals surface area contributed by atoms with Crippen LogP contribution in [0.5, 0.6) is 5.75 Å². The summed E-state index contributed by atoms with van der Waals surface area (Å²) in [6, 6.07) is 4.46. The van der Waals surface area contributed by atoms with E-state index in [4.69, 9.17) is 4.74 Å². The van der Waals surface area contributed by atoms with E-state index in [1.165, 1.54) is 13.2 Å². The van der Waals surface area contributed by atoms with Crippen LogP contribution in [0.3, 0.4) is 0 Å². The third-order valence-corrected chi connectivity index (χ3v) is 3.71. The molecule has 0 spiro atoms. The molecule has 0 radical (unpaired) electrons. The summed E-state index contributed by atoms with van der Waals surface area (Å²) in [7, 11) is 3.35. The lowest BCUT2D eigenvalue weighted by Gasteiger charge is -2.33. The molecule has 4 nitrogen and oxygen atoms in total. The van der Waals surface area contributed by atoms with Gasteiger partial charge in [0.05, 0.1) is 7.11 Å². The minimum absolute atomic E-state index is 0.0418. The Balaban J connectivity index is 2.18. The number of halogens is 1. The van der Waals surface area contributed by atoms with Crippen molar-refractivity contribution in [3.05, 3.63) is 29.6 Å². The fourth-order valence-corrected chi connectivity index (χ4v) is 2.74. The number of hydrogen-bond acceptors (Lipinski definition) is 3. The average molecular weight is 280 g/mol. The van der Waals surface area contributed by atoms with Crippen LogP contribution in [0.25, 0.3) is 0 Å². The zero-order chi connectivity index (χ0) is 14.5. The Morgan fingerprint density at radius 3 is 3.05 bits per heavy atom. The van der Waals surface area contributed by atoms with Gasteiger partial charge in [0.2, 0.25) is 0 Å². The number of carbonyl (C=O) groups excluding carboxylic acids is 1. The SMILES string of the molecule is CNCC1CCCN(C(=O)c2c(F)cccc2OC)C1. The molecule has 1 aromatic rings. The molecule has 1 N–H and O–H groups in total. The Morgan fingerprint density at radius 2 is 2.35 bits per heavy atom. The van der Waals surface area contributed by atoms with Gasteiger partial charge in [-0.25, -0.2) is 4.39 Å². The number of carbonyl (C=O) groups is 1. The van der Waals surface area contributed by atoms with E-state index in [0.717, 1.165) is 19.4 Å². The number of likely N-dealkylation sites (tertiary alicyclic amines) is 1. The smallest absolute Gasteiger partial charge is 0.260 e. The maximum Gasteiger partial charge on any atom is 0.260 e. The van der Waals surface area contributed by atoms with Crippen molar-refractivity contribution >= 4 is 5.91 Å². The van der Waals surface area contributed by atoms with Crippen molar-refractivity contribution in [3.8, 4) is 5.75 Å². The number of nitrogens with zero attached hydrogens (tertiary/aromatic N) is 1. The number of hydrogen-bond donors (Lipinski definition) is 1.